The molecule has 1 N–H and O–H groups in total. The zero-order valence-corrected chi connectivity index (χ0v) is 19.2. The number of amides is 1. The summed E-state index contributed by atoms with van der Waals surface area (Å²) >= 11 is 0. The Hall–Kier alpha value is -1.44. The maximum Gasteiger partial charge on any atom is 0.278 e. The summed E-state index contributed by atoms with van der Waals surface area (Å²) in [5.74, 6) is 0.971. The number of quaternary nitrogens is 1. The Bertz CT molecular complexity index is 876. The number of likely N-dealkylation sites (tertiary alicyclic amines) is 1. The molecule has 2 atom stereocenters. The molecule has 1 aromatic carbocycles. The SMILES string of the molecule is Cc1ccc(S(=O)(=O)N2CC[NH+](CC(=O)N3CCC[C@H]4CCCC[C@H]43)CC2)cc1C. The molecule has 0 bridgehead atoms. The highest BCUT2D eigenvalue weighted by molar-refractivity contribution is 7.89. The van der Waals surface area contributed by atoms with Gasteiger partial charge in [-0.2, -0.15) is 4.31 Å². The molecule has 2 aliphatic heterocycles. The first-order valence-electron chi connectivity index (χ1n) is 11.6. The van der Waals surface area contributed by atoms with E-state index in [1.54, 1.807) is 16.4 Å². The van der Waals surface area contributed by atoms with Gasteiger partial charge in [-0.1, -0.05) is 18.9 Å². The number of fused-ring (bicyclic) bond motifs is 1. The third-order valence-corrected chi connectivity index (χ3v) is 9.41. The molecular weight excluding hydrogens is 398 g/mol. The van der Waals surface area contributed by atoms with Crippen LogP contribution in [0.3, 0.4) is 0 Å². The molecule has 1 saturated carbocycles. The van der Waals surface area contributed by atoms with Gasteiger partial charge < -0.3 is 9.80 Å². The molecule has 3 fully saturated rings. The molecule has 30 heavy (non-hydrogen) atoms. The van der Waals surface area contributed by atoms with E-state index in [0.717, 1.165) is 30.5 Å². The number of hydrogen-bond donors (Lipinski definition) is 1. The van der Waals surface area contributed by atoms with Crippen molar-refractivity contribution in [1.82, 2.24) is 9.21 Å². The van der Waals surface area contributed by atoms with Gasteiger partial charge in [-0.05, 0) is 68.7 Å². The summed E-state index contributed by atoms with van der Waals surface area (Å²) in [6.45, 7) is 7.67. The van der Waals surface area contributed by atoms with E-state index in [9.17, 15) is 13.2 Å². The number of sulfonamides is 1. The van der Waals surface area contributed by atoms with E-state index in [0.29, 0.717) is 49.6 Å². The van der Waals surface area contributed by atoms with Gasteiger partial charge in [0, 0.05) is 12.6 Å². The third-order valence-electron chi connectivity index (χ3n) is 7.51. The minimum Gasteiger partial charge on any atom is -0.335 e. The molecule has 0 spiro atoms. The van der Waals surface area contributed by atoms with Crippen molar-refractivity contribution < 1.29 is 18.1 Å². The van der Waals surface area contributed by atoms with Crippen molar-refractivity contribution in [2.75, 3.05) is 39.3 Å². The molecule has 1 aliphatic carbocycles. The van der Waals surface area contributed by atoms with E-state index in [4.69, 9.17) is 0 Å². The molecule has 0 aromatic heterocycles. The average molecular weight is 435 g/mol. The molecule has 1 aromatic rings. The summed E-state index contributed by atoms with van der Waals surface area (Å²) in [5, 5.41) is 0. The first kappa shape index (κ1) is 21.8. The van der Waals surface area contributed by atoms with Crippen LogP contribution in [-0.2, 0) is 14.8 Å². The number of carbonyl (C=O) groups excluding carboxylic acids is 1. The zero-order valence-electron chi connectivity index (χ0n) is 18.4. The van der Waals surface area contributed by atoms with Gasteiger partial charge in [0.2, 0.25) is 10.0 Å². The Balaban J connectivity index is 1.34. The maximum absolute atomic E-state index is 13.1. The van der Waals surface area contributed by atoms with Crippen LogP contribution in [0, 0.1) is 19.8 Å². The lowest BCUT2D eigenvalue weighted by Crippen LogP contribution is -3.15. The predicted octanol–water partition coefficient (Wildman–Crippen LogP) is 1.37. The smallest absolute Gasteiger partial charge is 0.278 e. The first-order valence-corrected chi connectivity index (χ1v) is 13.0. The van der Waals surface area contributed by atoms with Gasteiger partial charge in [0.1, 0.15) is 0 Å². The minimum absolute atomic E-state index is 0.270. The fourth-order valence-corrected chi connectivity index (χ4v) is 7.02. The molecule has 1 amide bonds. The Morgan fingerprint density at radius 3 is 2.43 bits per heavy atom. The minimum atomic E-state index is -3.46. The van der Waals surface area contributed by atoms with Crippen LogP contribution >= 0.6 is 0 Å². The summed E-state index contributed by atoms with van der Waals surface area (Å²) in [7, 11) is -3.46. The van der Waals surface area contributed by atoms with Crippen LogP contribution < -0.4 is 4.90 Å². The van der Waals surface area contributed by atoms with E-state index in [1.807, 2.05) is 19.9 Å². The van der Waals surface area contributed by atoms with Crippen LogP contribution in [0.15, 0.2) is 23.1 Å². The lowest BCUT2D eigenvalue weighted by molar-refractivity contribution is -0.896. The number of piperidine rings is 1. The summed E-state index contributed by atoms with van der Waals surface area (Å²) in [6.07, 6.45) is 7.39. The predicted molar refractivity (Wildman–Crippen MR) is 117 cm³/mol. The molecule has 166 valence electrons. The molecule has 4 rings (SSSR count). The number of carbonyl (C=O) groups is 1. The summed E-state index contributed by atoms with van der Waals surface area (Å²) < 4.78 is 27.6. The number of rotatable bonds is 4. The lowest BCUT2D eigenvalue weighted by Gasteiger charge is -2.44. The van der Waals surface area contributed by atoms with Crippen molar-refractivity contribution in [3.8, 4) is 0 Å². The number of piperazine rings is 1. The van der Waals surface area contributed by atoms with Gasteiger partial charge in [-0.25, -0.2) is 8.42 Å². The zero-order chi connectivity index (χ0) is 21.3. The highest BCUT2D eigenvalue weighted by atomic mass is 32.2. The fourth-order valence-electron chi connectivity index (χ4n) is 5.49. The number of nitrogens with zero attached hydrogens (tertiary/aromatic N) is 2. The van der Waals surface area contributed by atoms with Gasteiger partial charge in [-0.3, -0.25) is 4.79 Å². The Kier molecular flexibility index (Phi) is 6.51. The molecule has 7 heteroatoms. The van der Waals surface area contributed by atoms with Crippen molar-refractivity contribution in [3.63, 3.8) is 0 Å². The van der Waals surface area contributed by atoms with E-state index < -0.39 is 10.0 Å². The fraction of sp³-hybridized carbons (Fsp3) is 0.696. The second-order valence-corrected chi connectivity index (χ2v) is 11.4. The van der Waals surface area contributed by atoms with Gasteiger partial charge in [0.15, 0.2) is 6.54 Å². The molecule has 3 aliphatic rings. The van der Waals surface area contributed by atoms with Crippen molar-refractivity contribution >= 4 is 15.9 Å². The standard InChI is InChI=1S/C23H35N3O3S/c1-18-9-10-21(16-19(18)2)30(28,29)25-14-12-24(13-15-25)17-23(27)26-11-5-7-20-6-3-4-8-22(20)26/h9-10,16,20,22H,3-8,11-15,17H2,1-2H3/p+1/t20-,22-/m1/s1. The van der Waals surface area contributed by atoms with Crippen molar-refractivity contribution in [1.29, 1.82) is 0 Å². The summed E-state index contributed by atoms with van der Waals surface area (Å²) in [6, 6.07) is 5.80. The molecule has 2 heterocycles. The highest BCUT2D eigenvalue weighted by Gasteiger charge is 2.38. The van der Waals surface area contributed by atoms with Gasteiger partial charge >= 0.3 is 0 Å². The number of benzene rings is 1. The van der Waals surface area contributed by atoms with Gasteiger partial charge in [0.05, 0.1) is 31.1 Å². The van der Waals surface area contributed by atoms with Crippen LogP contribution in [0.4, 0.5) is 0 Å². The summed E-state index contributed by atoms with van der Waals surface area (Å²) in [4.78, 5) is 16.8. The largest absolute Gasteiger partial charge is 0.335 e. The quantitative estimate of drug-likeness (QED) is 0.779. The van der Waals surface area contributed by atoms with Crippen molar-refractivity contribution in [2.24, 2.45) is 5.92 Å². The van der Waals surface area contributed by atoms with Crippen LogP contribution in [0.1, 0.15) is 49.7 Å². The Labute approximate surface area is 181 Å². The van der Waals surface area contributed by atoms with Crippen LogP contribution in [0.25, 0.3) is 0 Å². The lowest BCUT2D eigenvalue weighted by atomic mass is 9.78. The molecule has 0 radical (unpaired) electrons. The second-order valence-electron chi connectivity index (χ2n) is 9.42. The van der Waals surface area contributed by atoms with Crippen LogP contribution in [-0.4, -0.2) is 68.8 Å². The van der Waals surface area contributed by atoms with Crippen molar-refractivity contribution in [2.45, 2.75) is 63.3 Å². The highest BCUT2D eigenvalue weighted by Crippen LogP contribution is 2.35. The van der Waals surface area contributed by atoms with E-state index in [-0.39, 0.29) is 5.91 Å². The third kappa shape index (κ3) is 4.43. The van der Waals surface area contributed by atoms with Gasteiger partial charge in [0.25, 0.3) is 5.91 Å². The maximum atomic E-state index is 13.1. The first-order chi connectivity index (χ1) is 14.4. The number of aryl methyl sites for hydroxylation is 2. The van der Waals surface area contributed by atoms with Gasteiger partial charge in [-0.15, -0.1) is 0 Å². The monoisotopic (exact) mass is 434 g/mol. The van der Waals surface area contributed by atoms with E-state index in [1.165, 1.54) is 30.6 Å². The van der Waals surface area contributed by atoms with Crippen LogP contribution in [0.2, 0.25) is 0 Å². The number of hydrogen-bond acceptors (Lipinski definition) is 3. The Morgan fingerprint density at radius 1 is 1.00 bits per heavy atom. The molecule has 0 unspecified atom stereocenters. The Morgan fingerprint density at radius 2 is 1.70 bits per heavy atom. The topological polar surface area (TPSA) is 62.1 Å². The van der Waals surface area contributed by atoms with E-state index >= 15 is 0 Å². The van der Waals surface area contributed by atoms with Crippen LogP contribution in [0.5, 0.6) is 0 Å². The van der Waals surface area contributed by atoms with Crippen molar-refractivity contribution in [3.05, 3.63) is 29.3 Å². The second kappa shape index (κ2) is 8.97. The summed E-state index contributed by atoms with van der Waals surface area (Å²) in [5.41, 5.74) is 2.09. The molecule has 2 saturated heterocycles. The number of nitrogens with one attached hydrogen (secondary N) is 1. The normalized spacial score (nSPS) is 26.4. The molecular formula is C23H36N3O3S+. The van der Waals surface area contributed by atoms with E-state index in [2.05, 4.69) is 4.90 Å². The average Bonchev–Trinajstić information content (AvgIpc) is 2.75. The molecule has 6 nitrogen and oxygen atoms in total.